The van der Waals surface area contributed by atoms with Crippen molar-refractivity contribution in [3.63, 3.8) is 0 Å². The number of hydrogen-bond donors (Lipinski definition) is 1. The molecule has 1 heterocycles. The molecule has 0 amide bonds. The highest BCUT2D eigenvalue weighted by atomic mass is 16.3. The Morgan fingerprint density at radius 2 is 2.50 bits per heavy atom. The molecule has 1 unspecified atom stereocenters. The van der Waals surface area contributed by atoms with Gasteiger partial charge >= 0.3 is 0 Å². The predicted octanol–water partition coefficient (Wildman–Crippen LogP) is 0.582. The Kier molecular flexibility index (Phi) is 1.69. The van der Waals surface area contributed by atoms with Crippen LogP contribution in [0.25, 0.3) is 5.70 Å². The average Bonchev–Trinajstić information content (AvgIpc) is 2.58. The number of aryl methyl sites for hydroxylation is 1. The van der Waals surface area contributed by atoms with Gasteiger partial charge in [0.1, 0.15) is 0 Å². The van der Waals surface area contributed by atoms with Crippen molar-refractivity contribution in [3.8, 4) is 0 Å². The van der Waals surface area contributed by atoms with Gasteiger partial charge in [0.25, 0.3) is 0 Å². The summed E-state index contributed by atoms with van der Waals surface area (Å²) in [5, 5.41) is 17.0. The topological polar surface area (TPSA) is 50.9 Å². The van der Waals surface area contributed by atoms with Crippen molar-refractivity contribution in [2.75, 3.05) is 0 Å². The highest BCUT2D eigenvalue weighted by Gasteiger charge is 2.15. The van der Waals surface area contributed by atoms with E-state index < -0.39 is 0 Å². The summed E-state index contributed by atoms with van der Waals surface area (Å²) in [6.07, 6.45) is 4.93. The van der Waals surface area contributed by atoms with E-state index >= 15 is 0 Å². The monoisotopic (exact) mass is 165 g/mol. The van der Waals surface area contributed by atoms with Gasteiger partial charge in [0, 0.05) is 5.70 Å². The van der Waals surface area contributed by atoms with Crippen LogP contribution in [0.4, 0.5) is 0 Å². The van der Waals surface area contributed by atoms with E-state index in [0.717, 1.165) is 24.2 Å². The van der Waals surface area contributed by atoms with Gasteiger partial charge in [-0.1, -0.05) is 5.21 Å². The van der Waals surface area contributed by atoms with Crippen molar-refractivity contribution in [2.45, 2.75) is 25.9 Å². The van der Waals surface area contributed by atoms with Gasteiger partial charge in [0.15, 0.2) is 0 Å². The molecule has 4 heteroatoms. The van der Waals surface area contributed by atoms with Crippen LogP contribution in [0.1, 0.15) is 18.5 Å². The van der Waals surface area contributed by atoms with Gasteiger partial charge in [-0.2, -0.15) is 0 Å². The number of hydrogen-bond acceptors (Lipinski definition) is 3. The Morgan fingerprint density at radius 1 is 1.67 bits per heavy atom. The maximum absolute atomic E-state index is 9.25. The summed E-state index contributed by atoms with van der Waals surface area (Å²) in [5.41, 5.74) is 2.06. The van der Waals surface area contributed by atoms with Crippen molar-refractivity contribution < 1.29 is 5.11 Å². The summed E-state index contributed by atoms with van der Waals surface area (Å²) in [6, 6.07) is 0. The lowest BCUT2D eigenvalue weighted by molar-refractivity contribution is 0.223. The van der Waals surface area contributed by atoms with E-state index in [1.165, 1.54) is 0 Å². The fraction of sp³-hybridized carbons (Fsp3) is 0.500. The second-order valence-electron chi connectivity index (χ2n) is 3.05. The number of aromatic nitrogens is 3. The average molecular weight is 165 g/mol. The zero-order valence-corrected chi connectivity index (χ0v) is 6.94. The van der Waals surface area contributed by atoms with Crippen molar-refractivity contribution in [2.24, 2.45) is 0 Å². The summed E-state index contributed by atoms with van der Waals surface area (Å²) in [5.74, 6) is 0. The lowest BCUT2D eigenvalue weighted by Gasteiger charge is -2.00. The Labute approximate surface area is 70.5 Å². The maximum atomic E-state index is 9.25. The lowest BCUT2D eigenvalue weighted by atomic mass is 10.3. The van der Waals surface area contributed by atoms with E-state index in [4.69, 9.17) is 0 Å². The first-order valence-electron chi connectivity index (χ1n) is 4.04. The smallest absolute Gasteiger partial charge is 0.0745 e. The van der Waals surface area contributed by atoms with Gasteiger partial charge in [-0.05, 0) is 25.8 Å². The Balaban J connectivity index is 2.32. The van der Waals surface area contributed by atoms with E-state index in [1.807, 2.05) is 13.0 Å². The number of rotatable bonds is 1. The van der Waals surface area contributed by atoms with Gasteiger partial charge < -0.3 is 5.11 Å². The van der Waals surface area contributed by atoms with E-state index in [0.29, 0.717) is 0 Å². The molecule has 1 N–H and O–H groups in total. The molecule has 1 atom stereocenters. The van der Waals surface area contributed by atoms with E-state index in [-0.39, 0.29) is 6.10 Å². The summed E-state index contributed by atoms with van der Waals surface area (Å²) in [4.78, 5) is 0. The van der Waals surface area contributed by atoms with Crippen molar-refractivity contribution in [3.05, 3.63) is 18.0 Å². The molecule has 0 saturated carbocycles. The fourth-order valence-corrected chi connectivity index (χ4v) is 1.43. The summed E-state index contributed by atoms with van der Waals surface area (Å²) >= 11 is 0. The minimum Gasteiger partial charge on any atom is -0.389 e. The zero-order valence-electron chi connectivity index (χ0n) is 6.94. The Bertz CT molecular complexity index is 316. The van der Waals surface area contributed by atoms with Crippen LogP contribution in [0, 0.1) is 6.92 Å². The number of nitrogens with zero attached hydrogens (tertiary/aromatic N) is 3. The van der Waals surface area contributed by atoms with Crippen molar-refractivity contribution in [1.29, 1.82) is 0 Å². The quantitative estimate of drug-likeness (QED) is 0.662. The molecule has 1 aromatic rings. The molecular formula is C8H11N3O. The highest BCUT2D eigenvalue weighted by molar-refractivity contribution is 5.48. The highest BCUT2D eigenvalue weighted by Crippen LogP contribution is 2.22. The summed E-state index contributed by atoms with van der Waals surface area (Å²) in [6.45, 7) is 1.95. The Hall–Kier alpha value is -1.16. The predicted molar refractivity (Wildman–Crippen MR) is 44.3 cm³/mol. The third kappa shape index (κ3) is 1.14. The molecule has 0 saturated heterocycles. The maximum Gasteiger partial charge on any atom is 0.0745 e. The standard InChI is InChI=1S/C8H11N3O/c1-6-5-9-10-11(6)7-2-3-8(12)4-7/h4-5,8,12H,2-3H2,1H3. The summed E-state index contributed by atoms with van der Waals surface area (Å²) < 4.78 is 1.77. The molecule has 0 aromatic carbocycles. The SMILES string of the molecule is Cc1cnnn1C1=CC(O)CC1. The van der Waals surface area contributed by atoms with Gasteiger partial charge in [0.05, 0.1) is 18.0 Å². The van der Waals surface area contributed by atoms with E-state index in [1.54, 1.807) is 10.9 Å². The largest absolute Gasteiger partial charge is 0.389 e. The second-order valence-corrected chi connectivity index (χ2v) is 3.05. The lowest BCUT2D eigenvalue weighted by Crippen LogP contribution is -1.99. The molecule has 0 radical (unpaired) electrons. The second kappa shape index (κ2) is 2.71. The molecule has 0 fully saturated rings. The molecule has 1 aromatic heterocycles. The van der Waals surface area contributed by atoms with Crippen LogP contribution in [-0.4, -0.2) is 26.2 Å². The van der Waals surface area contributed by atoms with Crippen LogP contribution < -0.4 is 0 Å². The first-order chi connectivity index (χ1) is 5.77. The minimum absolute atomic E-state index is 0.302. The van der Waals surface area contributed by atoms with Crippen LogP contribution in [-0.2, 0) is 0 Å². The number of aliphatic hydroxyl groups excluding tert-OH is 1. The first-order valence-corrected chi connectivity index (χ1v) is 4.04. The molecule has 64 valence electrons. The van der Waals surface area contributed by atoms with Crippen molar-refractivity contribution in [1.82, 2.24) is 15.0 Å². The van der Waals surface area contributed by atoms with E-state index in [9.17, 15) is 5.11 Å². The third-order valence-electron chi connectivity index (χ3n) is 2.07. The van der Waals surface area contributed by atoms with Gasteiger partial charge in [-0.3, -0.25) is 0 Å². The fourth-order valence-electron chi connectivity index (χ4n) is 1.43. The molecule has 12 heavy (non-hydrogen) atoms. The van der Waals surface area contributed by atoms with Gasteiger partial charge in [-0.15, -0.1) is 5.10 Å². The molecular weight excluding hydrogens is 154 g/mol. The van der Waals surface area contributed by atoms with Crippen LogP contribution >= 0.6 is 0 Å². The third-order valence-corrected chi connectivity index (χ3v) is 2.07. The Morgan fingerprint density at radius 3 is 3.00 bits per heavy atom. The van der Waals surface area contributed by atoms with Crippen LogP contribution in [0.5, 0.6) is 0 Å². The number of allylic oxidation sites excluding steroid dienone is 1. The van der Waals surface area contributed by atoms with Crippen LogP contribution in [0.15, 0.2) is 12.3 Å². The van der Waals surface area contributed by atoms with E-state index in [2.05, 4.69) is 10.3 Å². The molecule has 2 rings (SSSR count). The number of aliphatic hydroxyl groups is 1. The first kappa shape index (κ1) is 7.49. The molecule has 1 aliphatic rings. The molecule has 0 bridgehead atoms. The van der Waals surface area contributed by atoms with Gasteiger partial charge in [0.2, 0.25) is 0 Å². The van der Waals surface area contributed by atoms with Crippen LogP contribution in [0.2, 0.25) is 0 Å². The summed E-state index contributed by atoms with van der Waals surface area (Å²) in [7, 11) is 0. The zero-order chi connectivity index (χ0) is 8.55. The normalized spacial score (nSPS) is 22.8. The van der Waals surface area contributed by atoms with Crippen LogP contribution in [0.3, 0.4) is 0 Å². The molecule has 0 spiro atoms. The van der Waals surface area contributed by atoms with Crippen molar-refractivity contribution >= 4 is 5.70 Å². The molecule has 1 aliphatic carbocycles. The minimum atomic E-state index is -0.302. The van der Waals surface area contributed by atoms with Gasteiger partial charge in [-0.25, -0.2) is 4.68 Å². The molecule has 4 nitrogen and oxygen atoms in total. The molecule has 0 aliphatic heterocycles.